The van der Waals surface area contributed by atoms with Gasteiger partial charge in [-0.05, 0) is 27.5 Å². The fourth-order valence-corrected chi connectivity index (χ4v) is 8.58. The lowest BCUT2D eigenvalue weighted by molar-refractivity contribution is -0.00781. The van der Waals surface area contributed by atoms with Crippen molar-refractivity contribution >= 4 is 24.7 Å². The van der Waals surface area contributed by atoms with Crippen LogP contribution in [0.3, 0.4) is 0 Å². The van der Waals surface area contributed by atoms with Gasteiger partial charge >= 0.3 is 5.97 Å². The van der Waals surface area contributed by atoms with Gasteiger partial charge in [-0.25, -0.2) is 4.79 Å². The first-order valence-corrected chi connectivity index (χ1v) is 12.8. The number of esters is 1. The Labute approximate surface area is 192 Å². The van der Waals surface area contributed by atoms with Gasteiger partial charge in [-0.15, -0.1) is 0 Å². The maximum atomic E-state index is 12.4. The van der Waals surface area contributed by atoms with E-state index in [2.05, 4.69) is 69.3 Å². The highest BCUT2D eigenvalue weighted by Crippen LogP contribution is 2.36. The summed E-state index contributed by atoms with van der Waals surface area (Å²) in [6, 6.07) is 29.9. The molecule has 168 valence electrons. The lowest BCUT2D eigenvalue weighted by Gasteiger charge is -2.43. The van der Waals surface area contributed by atoms with E-state index < -0.39 is 8.32 Å². The van der Waals surface area contributed by atoms with Gasteiger partial charge in [-0.2, -0.15) is 0 Å². The smallest absolute Gasteiger partial charge is 0.338 e. The second-order valence-corrected chi connectivity index (χ2v) is 13.1. The van der Waals surface area contributed by atoms with Crippen molar-refractivity contribution < 1.29 is 18.7 Å². The quantitative estimate of drug-likeness (QED) is 0.359. The number of hydrogen-bond acceptors (Lipinski definition) is 4. The minimum Gasteiger partial charge on any atom is -0.459 e. The number of benzene rings is 3. The fraction of sp³-hybridized carbons (Fsp3) is 0.296. The summed E-state index contributed by atoms with van der Waals surface area (Å²) in [5.41, 5.74) is 0.523. The molecule has 3 aromatic carbocycles. The zero-order valence-corrected chi connectivity index (χ0v) is 20.3. The Morgan fingerprint density at radius 1 is 0.781 bits per heavy atom. The molecule has 3 aromatic rings. The van der Waals surface area contributed by atoms with Crippen molar-refractivity contribution in [3.05, 3.63) is 96.6 Å². The van der Waals surface area contributed by atoms with Gasteiger partial charge in [0.2, 0.25) is 0 Å². The zero-order valence-electron chi connectivity index (χ0n) is 19.3. The number of ether oxygens (including phenoxy) is 2. The summed E-state index contributed by atoms with van der Waals surface area (Å²) >= 11 is 0. The lowest BCUT2D eigenvalue weighted by Crippen LogP contribution is -2.67. The predicted molar refractivity (Wildman–Crippen MR) is 131 cm³/mol. The molecule has 32 heavy (non-hydrogen) atoms. The first-order chi connectivity index (χ1) is 15.4. The molecule has 0 spiro atoms. The average Bonchev–Trinajstić information content (AvgIpc) is 2.82. The van der Waals surface area contributed by atoms with Crippen molar-refractivity contribution in [2.24, 2.45) is 0 Å². The third-order valence-electron chi connectivity index (χ3n) is 5.65. The number of methoxy groups -OCH3 is 1. The Bertz CT molecular complexity index is 929. The number of hydrogen-bond donors (Lipinski definition) is 0. The minimum atomic E-state index is -2.67. The normalized spacial score (nSPS) is 12.9. The molecule has 5 heteroatoms. The Hall–Kier alpha value is -2.73. The van der Waals surface area contributed by atoms with E-state index >= 15 is 0 Å². The van der Waals surface area contributed by atoms with Gasteiger partial charge < -0.3 is 13.9 Å². The van der Waals surface area contributed by atoms with Gasteiger partial charge in [0, 0.05) is 7.11 Å². The molecule has 3 rings (SSSR count). The van der Waals surface area contributed by atoms with Crippen LogP contribution in [-0.2, 0) is 13.9 Å². The molecule has 1 unspecified atom stereocenters. The second-order valence-electron chi connectivity index (χ2n) is 8.80. The zero-order chi connectivity index (χ0) is 23.0. The lowest BCUT2D eigenvalue weighted by atomic mass is 10.2. The molecule has 0 saturated carbocycles. The summed E-state index contributed by atoms with van der Waals surface area (Å²) in [6.07, 6.45) is -0.371. The summed E-state index contributed by atoms with van der Waals surface area (Å²) in [4.78, 5) is 12.4. The Kier molecular flexibility index (Phi) is 8.02. The monoisotopic (exact) mass is 448 g/mol. The van der Waals surface area contributed by atoms with Gasteiger partial charge in [0.05, 0.1) is 12.2 Å². The predicted octanol–water partition coefficient (Wildman–Crippen LogP) is 4.44. The molecular formula is C27H32O4Si. The highest BCUT2D eigenvalue weighted by Gasteiger charge is 2.50. The van der Waals surface area contributed by atoms with Crippen LogP contribution < -0.4 is 10.4 Å². The third kappa shape index (κ3) is 5.36. The largest absolute Gasteiger partial charge is 0.459 e. The average molecular weight is 449 g/mol. The van der Waals surface area contributed by atoms with Crippen LogP contribution in [0, 0.1) is 0 Å². The number of rotatable bonds is 9. The molecule has 0 radical (unpaired) electrons. The van der Waals surface area contributed by atoms with Crippen LogP contribution in [0.25, 0.3) is 0 Å². The van der Waals surface area contributed by atoms with E-state index in [1.54, 1.807) is 19.2 Å². The van der Waals surface area contributed by atoms with E-state index in [9.17, 15) is 4.79 Å². The van der Waals surface area contributed by atoms with Crippen LogP contribution in [0.5, 0.6) is 0 Å². The molecule has 0 fully saturated rings. The first kappa shape index (κ1) is 23.9. The maximum Gasteiger partial charge on any atom is 0.338 e. The first-order valence-electron chi connectivity index (χ1n) is 10.9. The van der Waals surface area contributed by atoms with Gasteiger partial charge in [0.1, 0.15) is 12.7 Å². The van der Waals surface area contributed by atoms with Crippen molar-refractivity contribution in [1.29, 1.82) is 0 Å². The number of carbonyl (C=O) groups is 1. The molecule has 0 aromatic heterocycles. The highest BCUT2D eigenvalue weighted by atomic mass is 28.4. The minimum absolute atomic E-state index is 0.127. The molecular weight excluding hydrogens is 416 g/mol. The van der Waals surface area contributed by atoms with Gasteiger partial charge in [0.25, 0.3) is 8.32 Å². The molecule has 0 heterocycles. The van der Waals surface area contributed by atoms with E-state index in [1.807, 2.05) is 30.3 Å². The van der Waals surface area contributed by atoms with E-state index in [-0.39, 0.29) is 23.7 Å². The fourth-order valence-electron chi connectivity index (χ4n) is 3.99. The third-order valence-corrected chi connectivity index (χ3v) is 10.7. The van der Waals surface area contributed by atoms with E-state index in [0.29, 0.717) is 12.2 Å². The Morgan fingerprint density at radius 2 is 1.25 bits per heavy atom. The molecule has 0 aliphatic carbocycles. The summed E-state index contributed by atoms with van der Waals surface area (Å²) in [5, 5.41) is 2.28. The molecule has 0 aliphatic heterocycles. The number of carbonyl (C=O) groups excluding carboxylic acids is 1. The molecule has 0 saturated heterocycles. The van der Waals surface area contributed by atoms with Crippen molar-refractivity contribution in [2.45, 2.75) is 31.9 Å². The molecule has 0 bridgehead atoms. The summed E-state index contributed by atoms with van der Waals surface area (Å²) in [5.74, 6) is -0.363. The summed E-state index contributed by atoms with van der Waals surface area (Å²) < 4.78 is 18.0. The van der Waals surface area contributed by atoms with Gasteiger partial charge in [0.15, 0.2) is 0 Å². The van der Waals surface area contributed by atoms with Crippen LogP contribution >= 0.6 is 0 Å². The van der Waals surface area contributed by atoms with E-state index in [1.165, 1.54) is 10.4 Å². The molecule has 0 aliphatic rings. The summed E-state index contributed by atoms with van der Waals surface area (Å²) in [7, 11) is -1.05. The van der Waals surface area contributed by atoms with E-state index in [0.717, 1.165) is 0 Å². The van der Waals surface area contributed by atoms with Crippen molar-refractivity contribution in [3.63, 3.8) is 0 Å². The Balaban J connectivity index is 1.84. The van der Waals surface area contributed by atoms with Crippen LogP contribution in [0.15, 0.2) is 91.0 Å². The summed E-state index contributed by atoms with van der Waals surface area (Å²) in [6.45, 7) is 7.15. The van der Waals surface area contributed by atoms with Gasteiger partial charge in [-0.1, -0.05) is 99.6 Å². The Morgan fingerprint density at radius 3 is 1.69 bits per heavy atom. The molecule has 4 nitrogen and oxygen atoms in total. The van der Waals surface area contributed by atoms with Crippen molar-refractivity contribution in [3.8, 4) is 0 Å². The molecule has 0 amide bonds. The van der Waals surface area contributed by atoms with Crippen molar-refractivity contribution in [1.82, 2.24) is 0 Å². The van der Waals surface area contributed by atoms with Gasteiger partial charge in [-0.3, -0.25) is 0 Å². The topological polar surface area (TPSA) is 44.8 Å². The SMILES string of the molecule is COC(COC(=O)c1ccccc1)CO[Si](c1ccccc1)(c1ccccc1)C(C)(C)C. The second kappa shape index (κ2) is 10.7. The maximum absolute atomic E-state index is 12.4. The highest BCUT2D eigenvalue weighted by molar-refractivity contribution is 6.99. The molecule has 0 N–H and O–H groups in total. The van der Waals surface area contributed by atoms with Crippen LogP contribution in [-0.4, -0.2) is 40.7 Å². The standard InChI is InChI=1S/C27H32O4Si/c1-27(2,3)32(24-16-10-6-11-17-24,25-18-12-7-13-19-25)31-21-23(29-4)20-30-26(28)22-14-8-5-9-15-22/h5-19,23H,20-21H2,1-4H3. The van der Waals surface area contributed by atoms with Crippen LogP contribution in [0.2, 0.25) is 5.04 Å². The molecule has 1 atom stereocenters. The van der Waals surface area contributed by atoms with Crippen LogP contribution in [0.4, 0.5) is 0 Å². The van der Waals surface area contributed by atoms with E-state index in [4.69, 9.17) is 13.9 Å². The van der Waals surface area contributed by atoms with Crippen LogP contribution in [0.1, 0.15) is 31.1 Å². The van der Waals surface area contributed by atoms with Crippen molar-refractivity contribution in [2.75, 3.05) is 20.3 Å².